The molecule has 0 spiro atoms. The van der Waals surface area contributed by atoms with Crippen molar-refractivity contribution in [3.8, 4) is 0 Å². The molecule has 0 saturated heterocycles. The highest BCUT2D eigenvalue weighted by atomic mass is 35.5. The summed E-state index contributed by atoms with van der Waals surface area (Å²) >= 11 is 6.13. The first-order valence-electron chi connectivity index (χ1n) is 5.83. The van der Waals surface area contributed by atoms with Crippen LogP contribution < -0.4 is 10.6 Å². The van der Waals surface area contributed by atoms with Crippen molar-refractivity contribution >= 4 is 23.3 Å². The first-order valence-corrected chi connectivity index (χ1v) is 6.20. The summed E-state index contributed by atoms with van der Waals surface area (Å²) in [7, 11) is 1.94. The summed E-state index contributed by atoms with van der Waals surface area (Å²) < 4.78 is 0. The molecule has 0 aliphatic heterocycles. The summed E-state index contributed by atoms with van der Waals surface area (Å²) in [5, 5.41) is 8.07. The van der Waals surface area contributed by atoms with Gasteiger partial charge in [0.05, 0.1) is 0 Å². The number of benzene rings is 1. The molecule has 2 aromatic rings. The van der Waals surface area contributed by atoms with Gasteiger partial charge in [0.1, 0.15) is 11.7 Å². The summed E-state index contributed by atoms with van der Waals surface area (Å²) in [6.07, 6.45) is 1.60. The summed E-state index contributed by atoms with van der Waals surface area (Å²) in [5.74, 6) is 0.831. The molecule has 0 radical (unpaired) electrons. The lowest BCUT2D eigenvalue weighted by Gasteiger charge is -2.19. The van der Waals surface area contributed by atoms with Crippen molar-refractivity contribution in [3.05, 3.63) is 58.7 Å². The van der Waals surface area contributed by atoms with Crippen molar-refractivity contribution in [2.24, 2.45) is 5.73 Å². The van der Waals surface area contributed by atoms with E-state index >= 15 is 0 Å². The summed E-state index contributed by atoms with van der Waals surface area (Å²) in [6.45, 7) is 0.673. The van der Waals surface area contributed by atoms with Gasteiger partial charge in [-0.25, -0.2) is 4.98 Å². The number of rotatable bonds is 4. The minimum Gasteiger partial charge on any atom is -0.384 e. The molecule has 1 aromatic heterocycles. The first kappa shape index (κ1) is 13.4. The van der Waals surface area contributed by atoms with Crippen molar-refractivity contribution in [1.29, 1.82) is 5.41 Å². The topological polar surface area (TPSA) is 66.0 Å². The Labute approximate surface area is 117 Å². The van der Waals surface area contributed by atoms with Crippen LogP contribution in [-0.2, 0) is 6.54 Å². The third-order valence-corrected chi connectivity index (χ3v) is 3.18. The summed E-state index contributed by atoms with van der Waals surface area (Å²) in [5.41, 5.74) is 7.06. The predicted octanol–water partition coefficient (Wildman–Crippen LogP) is 2.66. The van der Waals surface area contributed by atoms with Gasteiger partial charge in [0.15, 0.2) is 0 Å². The van der Waals surface area contributed by atoms with E-state index in [9.17, 15) is 0 Å². The lowest BCUT2D eigenvalue weighted by Crippen LogP contribution is -2.18. The molecule has 2 rings (SSSR count). The van der Waals surface area contributed by atoms with Gasteiger partial charge in [0.2, 0.25) is 0 Å². The van der Waals surface area contributed by atoms with Crippen molar-refractivity contribution in [2.45, 2.75) is 6.54 Å². The highest BCUT2D eigenvalue weighted by molar-refractivity contribution is 6.31. The maximum Gasteiger partial charge on any atom is 0.128 e. The van der Waals surface area contributed by atoms with Crippen LogP contribution in [0, 0.1) is 5.41 Å². The van der Waals surface area contributed by atoms with E-state index in [4.69, 9.17) is 22.7 Å². The number of hydrogen-bond donors (Lipinski definition) is 2. The average Bonchev–Trinajstić information content (AvgIpc) is 2.41. The number of hydrogen-bond acceptors (Lipinski definition) is 3. The Hall–Kier alpha value is -2.07. The van der Waals surface area contributed by atoms with Crippen LogP contribution in [0.15, 0.2) is 42.6 Å². The van der Waals surface area contributed by atoms with Crippen LogP contribution in [0.3, 0.4) is 0 Å². The van der Waals surface area contributed by atoms with E-state index in [1.54, 1.807) is 12.3 Å². The molecule has 4 nitrogen and oxygen atoms in total. The zero-order valence-corrected chi connectivity index (χ0v) is 11.4. The van der Waals surface area contributed by atoms with Gasteiger partial charge in [0, 0.05) is 30.4 Å². The monoisotopic (exact) mass is 274 g/mol. The molecule has 0 unspecified atom stereocenters. The molecule has 0 bridgehead atoms. The quantitative estimate of drug-likeness (QED) is 0.665. The Morgan fingerprint density at radius 2 is 2.05 bits per heavy atom. The maximum absolute atomic E-state index is 7.33. The molecule has 5 heteroatoms. The van der Waals surface area contributed by atoms with Gasteiger partial charge in [-0.05, 0) is 23.8 Å². The molecule has 0 atom stereocenters. The SMILES string of the molecule is CN(Cc1ccccc1Cl)c1ccc(C(=N)N)cn1. The standard InChI is InChI=1S/C14H15ClN4/c1-19(9-11-4-2-3-5-12(11)15)13-7-6-10(8-18-13)14(16)17/h2-8H,9H2,1H3,(H3,16,17). The summed E-state index contributed by atoms with van der Waals surface area (Å²) in [4.78, 5) is 6.28. The highest BCUT2D eigenvalue weighted by Gasteiger charge is 2.06. The minimum atomic E-state index is 0.0211. The van der Waals surface area contributed by atoms with Gasteiger partial charge in [-0.1, -0.05) is 29.8 Å². The number of pyridine rings is 1. The Kier molecular flexibility index (Phi) is 4.02. The van der Waals surface area contributed by atoms with Crippen LogP contribution in [0.4, 0.5) is 5.82 Å². The van der Waals surface area contributed by atoms with Crippen LogP contribution in [-0.4, -0.2) is 17.9 Å². The Balaban J connectivity index is 2.14. The number of nitrogens with two attached hydrogens (primary N) is 1. The average molecular weight is 275 g/mol. The normalized spacial score (nSPS) is 10.2. The van der Waals surface area contributed by atoms with Gasteiger partial charge < -0.3 is 10.6 Å². The number of nitrogens with zero attached hydrogens (tertiary/aromatic N) is 2. The van der Waals surface area contributed by atoms with Crippen molar-refractivity contribution in [3.63, 3.8) is 0 Å². The van der Waals surface area contributed by atoms with Crippen molar-refractivity contribution in [1.82, 2.24) is 4.98 Å². The lowest BCUT2D eigenvalue weighted by atomic mass is 10.2. The molecule has 0 saturated carbocycles. The molecule has 98 valence electrons. The maximum atomic E-state index is 7.33. The molecule has 3 N–H and O–H groups in total. The second-order valence-electron chi connectivity index (χ2n) is 4.27. The lowest BCUT2D eigenvalue weighted by molar-refractivity contribution is 0.898. The number of anilines is 1. The van der Waals surface area contributed by atoms with E-state index in [0.29, 0.717) is 12.1 Å². The van der Waals surface area contributed by atoms with E-state index in [-0.39, 0.29) is 5.84 Å². The molecule has 0 aliphatic rings. The smallest absolute Gasteiger partial charge is 0.128 e. The zero-order chi connectivity index (χ0) is 13.8. The fourth-order valence-electron chi connectivity index (χ4n) is 1.73. The molecule has 0 amide bonds. The molecular formula is C14H15ClN4. The number of halogens is 1. The van der Waals surface area contributed by atoms with Crippen molar-refractivity contribution < 1.29 is 0 Å². The van der Waals surface area contributed by atoms with Gasteiger partial charge >= 0.3 is 0 Å². The Morgan fingerprint density at radius 3 is 2.63 bits per heavy atom. The van der Waals surface area contributed by atoms with Crippen LogP contribution in [0.5, 0.6) is 0 Å². The summed E-state index contributed by atoms with van der Waals surface area (Å²) in [6, 6.07) is 11.4. The second kappa shape index (κ2) is 5.71. The van der Waals surface area contributed by atoms with Gasteiger partial charge in [-0.15, -0.1) is 0 Å². The van der Waals surface area contributed by atoms with Crippen LogP contribution >= 0.6 is 11.6 Å². The third kappa shape index (κ3) is 3.23. The molecule has 1 heterocycles. The third-order valence-electron chi connectivity index (χ3n) is 2.82. The number of nitrogens with one attached hydrogen (secondary N) is 1. The van der Waals surface area contributed by atoms with Gasteiger partial charge in [-0.3, -0.25) is 5.41 Å². The number of aromatic nitrogens is 1. The molecule has 0 aliphatic carbocycles. The number of nitrogen functional groups attached to an aromatic ring is 1. The van der Waals surface area contributed by atoms with Gasteiger partial charge in [-0.2, -0.15) is 0 Å². The van der Waals surface area contributed by atoms with Crippen LogP contribution in [0.1, 0.15) is 11.1 Å². The molecular weight excluding hydrogens is 260 g/mol. The molecule has 19 heavy (non-hydrogen) atoms. The largest absolute Gasteiger partial charge is 0.384 e. The van der Waals surface area contributed by atoms with Crippen LogP contribution in [0.25, 0.3) is 0 Å². The Morgan fingerprint density at radius 1 is 1.32 bits per heavy atom. The van der Waals surface area contributed by atoms with E-state index < -0.39 is 0 Å². The zero-order valence-electron chi connectivity index (χ0n) is 10.6. The second-order valence-corrected chi connectivity index (χ2v) is 4.67. The fraction of sp³-hybridized carbons (Fsp3) is 0.143. The minimum absolute atomic E-state index is 0.0211. The van der Waals surface area contributed by atoms with E-state index in [2.05, 4.69) is 4.98 Å². The Bertz CT molecular complexity index is 580. The van der Waals surface area contributed by atoms with E-state index in [1.807, 2.05) is 42.3 Å². The van der Waals surface area contributed by atoms with Crippen molar-refractivity contribution in [2.75, 3.05) is 11.9 Å². The highest BCUT2D eigenvalue weighted by Crippen LogP contribution is 2.19. The molecule has 1 aromatic carbocycles. The fourth-order valence-corrected chi connectivity index (χ4v) is 1.93. The first-order chi connectivity index (χ1) is 9.08. The predicted molar refractivity (Wildman–Crippen MR) is 78.8 cm³/mol. The van der Waals surface area contributed by atoms with Crippen LogP contribution in [0.2, 0.25) is 5.02 Å². The van der Waals surface area contributed by atoms with E-state index in [1.165, 1.54) is 0 Å². The van der Waals surface area contributed by atoms with E-state index in [0.717, 1.165) is 16.4 Å². The number of amidine groups is 1. The van der Waals surface area contributed by atoms with Gasteiger partial charge in [0.25, 0.3) is 0 Å². The molecule has 0 fully saturated rings.